The average molecular weight is 258 g/mol. The van der Waals surface area contributed by atoms with Gasteiger partial charge in [0.1, 0.15) is 0 Å². The third kappa shape index (κ3) is 3.67. The van der Waals surface area contributed by atoms with E-state index in [0.717, 1.165) is 30.1 Å². The van der Waals surface area contributed by atoms with E-state index in [4.69, 9.17) is 4.52 Å². The largest absolute Gasteiger partial charge is 0.356 e. The number of aromatic nitrogens is 1. The van der Waals surface area contributed by atoms with Crippen LogP contribution in [0.15, 0.2) is 28.8 Å². The van der Waals surface area contributed by atoms with Crippen molar-refractivity contribution in [1.29, 1.82) is 0 Å². The molecule has 102 valence electrons. The van der Waals surface area contributed by atoms with Crippen LogP contribution in [0.1, 0.15) is 30.7 Å². The Bertz CT molecular complexity index is 543. The van der Waals surface area contributed by atoms with Gasteiger partial charge in [-0.3, -0.25) is 0 Å². The second-order valence-corrected chi connectivity index (χ2v) is 5.53. The lowest BCUT2D eigenvalue weighted by Crippen LogP contribution is -2.18. The molecule has 0 saturated heterocycles. The molecule has 0 fully saturated rings. The van der Waals surface area contributed by atoms with E-state index >= 15 is 0 Å². The summed E-state index contributed by atoms with van der Waals surface area (Å²) < 4.78 is 5.44. The zero-order valence-corrected chi connectivity index (χ0v) is 12.2. The topological polar surface area (TPSA) is 38.1 Å². The summed E-state index contributed by atoms with van der Waals surface area (Å²) in [6, 6.07) is 8.37. The fourth-order valence-corrected chi connectivity index (χ4v) is 2.10. The summed E-state index contributed by atoms with van der Waals surface area (Å²) >= 11 is 0. The number of hydrogen-bond acceptors (Lipinski definition) is 3. The van der Waals surface area contributed by atoms with Gasteiger partial charge in [0.15, 0.2) is 5.76 Å². The fourth-order valence-electron chi connectivity index (χ4n) is 2.10. The number of benzene rings is 1. The molecule has 3 nitrogen and oxygen atoms in total. The number of rotatable bonds is 5. The molecule has 2 rings (SSSR count). The molecule has 0 bridgehead atoms. The van der Waals surface area contributed by atoms with Gasteiger partial charge in [0.2, 0.25) is 0 Å². The van der Waals surface area contributed by atoms with Crippen molar-refractivity contribution >= 4 is 0 Å². The molecular weight excluding hydrogens is 236 g/mol. The predicted octanol–water partition coefficient (Wildman–Crippen LogP) is 3.70. The van der Waals surface area contributed by atoms with Crippen molar-refractivity contribution in [3.63, 3.8) is 0 Å². The maximum absolute atomic E-state index is 5.44. The number of hydrogen-bond donors (Lipinski definition) is 1. The Balaban J connectivity index is 2.08. The maximum Gasteiger partial charge on any atom is 0.167 e. The number of nitrogens with zero attached hydrogens (tertiary/aromatic N) is 1. The van der Waals surface area contributed by atoms with Crippen molar-refractivity contribution in [2.75, 3.05) is 6.54 Å². The molecule has 0 amide bonds. The monoisotopic (exact) mass is 258 g/mol. The summed E-state index contributed by atoms with van der Waals surface area (Å²) in [4.78, 5) is 0. The van der Waals surface area contributed by atoms with Crippen molar-refractivity contribution in [2.45, 2.75) is 34.2 Å². The zero-order valence-electron chi connectivity index (χ0n) is 12.2. The highest BCUT2D eigenvalue weighted by atomic mass is 16.5. The normalized spacial score (nSPS) is 11.2. The summed E-state index contributed by atoms with van der Waals surface area (Å²) in [7, 11) is 0. The summed E-state index contributed by atoms with van der Waals surface area (Å²) in [6.45, 7) is 10.3. The summed E-state index contributed by atoms with van der Waals surface area (Å²) in [5.41, 5.74) is 4.56. The lowest BCUT2D eigenvalue weighted by atomic mass is 10.0. The van der Waals surface area contributed by atoms with Gasteiger partial charge in [-0.15, -0.1) is 0 Å². The van der Waals surface area contributed by atoms with E-state index in [2.05, 4.69) is 56.4 Å². The minimum Gasteiger partial charge on any atom is -0.356 e. The lowest BCUT2D eigenvalue weighted by Gasteiger charge is -2.04. The third-order valence-corrected chi connectivity index (χ3v) is 3.07. The van der Waals surface area contributed by atoms with Crippen molar-refractivity contribution in [1.82, 2.24) is 10.5 Å². The van der Waals surface area contributed by atoms with Crippen LogP contribution in [-0.4, -0.2) is 11.7 Å². The van der Waals surface area contributed by atoms with Crippen molar-refractivity contribution in [3.8, 4) is 11.3 Å². The highest BCUT2D eigenvalue weighted by Gasteiger charge is 2.09. The van der Waals surface area contributed by atoms with Gasteiger partial charge >= 0.3 is 0 Å². The quantitative estimate of drug-likeness (QED) is 0.888. The van der Waals surface area contributed by atoms with Crippen LogP contribution >= 0.6 is 0 Å². The molecule has 0 aliphatic heterocycles. The van der Waals surface area contributed by atoms with Crippen LogP contribution in [0.4, 0.5) is 0 Å². The molecule has 0 aliphatic carbocycles. The second kappa shape index (κ2) is 6.02. The van der Waals surface area contributed by atoms with Gasteiger partial charge in [0, 0.05) is 18.2 Å². The Morgan fingerprint density at radius 3 is 2.68 bits per heavy atom. The van der Waals surface area contributed by atoms with E-state index in [1.807, 2.05) is 6.07 Å². The molecule has 1 N–H and O–H groups in total. The SMILES string of the molecule is Cc1ccc(-c2cc(CNCC(C)C)no2)c(C)c1. The molecule has 1 heterocycles. The Morgan fingerprint density at radius 2 is 2.00 bits per heavy atom. The van der Waals surface area contributed by atoms with Crippen LogP contribution in [-0.2, 0) is 6.54 Å². The van der Waals surface area contributed by atoms with Crippen LogP contribution in [0.2, 0.25) is 0 Å². The molecule has 0 spiro atoms. The molecule has 3 heteroatoms. The minimum absolute atomic E-state index is 0.644. The van der Waals surface area contributed by atoms with E-state index in [1.165, 1.54) is 11.1 Å². The van der Waals surface area contributed by atoms with Crippen LogP contribution in [0.25, 0.3) is 11.3 Å². The van der Waals surface area contributed by atoms with Crippen LogP contribution in [0.3, 0.4) is 0 Å². The van der Waals surface area contributed by atoms with E-state index in [1.54, 1.807) is 0 Å². The van der Waals surface area contributed by atoms with Crippen LogP contribution < -0.4 is 5.32 Å². The average Bonchev–Trinajstić information content (AvgIpc) is 2.77. The predicted molar refractivity (Wildman–Crippen MR) is 78.0 cm³/mol. The molecule has 0 atom stereocenters. The highest BCUT2D eigenvalue weighted by molar-refractivity contribution is 5.62. The Kier molecular flexibility index (Phi) is 4.38. The molecule has 0 radical (unpaired) electrons. The van der Waals surface area contributed by atoms with Crippen LogP contribution in [0.5, 0.6) is 0 Å². The minimum atomic E-state index is 0.644. The van der Waals surface area contributed by atoms with Gasteiger partial charge in [-0.1, -0.05) is 42.8 Å². The first kappa shape index (κ1) is 13.8. The Hall–Kier alpha value is -1.61. The van der Waals surface area contributed by atoms with E-state index < -0.39 is 0 Å². The Morgan fingerprint density at radius 1 is 1.21 bits per heavy atom. The van der Waals surface area contributed by atoms with Crippen LogP contribution in [0, 0.1) is 19.8 Å². The molecule has 0 aliphatic rings. The molecular formula is C16H22N2O. The first-order valence-electron chi connectivity index (χ1n) is 6.80. The first-order valence-corrected chi connectivity index (χ1v) is 6.80. The second-order valence-electron chi connectivity index (χ2n) is 5.53. The molecule has 0 unspecified atom stereocenters. The number of aryl methyl sites for hydroxylation is 2. The Labute approximate surface area is 115 Å². The summed E-state index contributed by atoms with van der Waals surface area (Å²) in [5, 5.41) is 7.48. The fraction of sp³-hybridized carbons (Fsp3) is 0.438. The summed E-state index contributed by atoms with van der Waals surface area (Å²) in [6.07, 6.45) is 0. The molecule has 2 aromatic rings. The first-order chi connectivity index (χ1) is 9.06. The van der Waals surface area contributed by atoms with Gasteiger partial charge in [-0.25, -0.2) is 0 Å². The van der Waals surface area contributed by atoms with Gasteiger partial charge in [0.05, 0.1) is 5.69 Å². The van der Waals surface area contributed by atoms with Crippen molar-refractivity contribution in [2.24, 2.45) is 5.92 Å². The van der Waals surface area contributed by atoms with Gasteiger partial charge in [0.25, 0.3) is 0 Å². The van der Waals surface area contributed by atoms with E-state index in [-0.39, 0.29) is 0 Å². The molecule has 1 aromatic carbocycles. The molecule has 19 heavy (non-hydrogen) atoms. The van der Waals surface area contributed by atoms with Gasteiger partial charge in [-0.05, 0) is 31.9 Å². The van der Waals surface area contributed by atoms with E-state index in [0.29, 0.717) is 5.92 Å². The zero-order chi connectivity index (χ0) is 13.8. The molecule has 0 saturated carbocycles. The molecule has 1 aromatic heterocycles. The van der Waals surface area contributed by atoms with Crippen molar-refractivity contribution in [3.05, 3.63) is 41.1 Å². The number of nitrogens with one attached hydrogen (secondary N) is 1. The third-order valence-electron chi connectivity index (χ3n) is 3.07. The van der Waals surface area contributed by atoms with Gasteiger partial charge in [-0.2, -0.15) is 0 Å². The van der Waals surface area contributed by atoms with Gasteiger partial charge < -0.3 is 9.84 Å². The standard InChI is InChI=1S/C16H22N2O/c1-11(2)9-17-10-14-8-16(19-18-14)15-6-5-12(3)7-13(15)4/h5-8,11,17H,9-10H2,1-4H3. The van der Waals surface area contributed by atoms with Crippen molar-refractivity contribution < 1.29 is 4.52 Å². The van der Waals surface area contributed by atoms with E-state index in [9.17, 15) is 0 Å². The highest BCUT2D eigenvalue weighted by Crippen LogP contribution is 2.24. The summed E-state index contributed by atoms with van der Waals surface area (Å²) in [5.74, 6) is 1.49. The lowest BCUT2D eigenvalue weighted by molar-refractivity contribution is 0.418. The smallest absolute Gasteiger partial charge is 0.167 e. The maximum atomic E-state index is 5.44.